The first-order valence-electron chi connectivity index (χ1n) is 11.5. The van der Waals surface area contributed by atoms with Crippen molar-refractivity contribution in [2.24, 2.45) is 5.92 Å². The molecule has 1 unspecified atom stereocenters. The molecule has 174 valence electrons. The lowest BCUT2D eigenvalue weighted by molar-refractivity contribution is -0.139. The number of fused-ring (bicyclic) bond motifs is 3. The monoisotopic (exact) mass is 450 g/mol. The topological polar surface area (TPSA) is 105 Å². The average molecular weight is 451 g/mol. The van der Waals surface area contributed by atoms with Crippen LogP contribution in [-0.4, -0.2) is 41.3 Å². The predicted molar refractivity (Wildman–Crippen MR) is 124 cm³/mol. The second-order valence-electron chi connectivity index (χ2n) is 9.24. The largest absolute Gasteiger partial charge is 0.481 e. The van der Waals surface area contributed by atoms with E-state index in [0.717, 1.165) is 22.3 Å². The maximum atomic E-state index is 12.9. The molecule has 3 N–H and O–H groups in total. The van der Waals surface area contributed by atoms with Gasteiger partial charge in [0, 0.05) is 18.4 Å². The summed E-state index contributed by atoms with van der Waals surface area (Å²) < 4.78 is 5.60. The zero-order valence-corrected chi connectivity index (χ0v) is 19.0. The van der Waals surface area contributed by atoms with Crippen molar-refractivity contribution in [1.82, 2.24) is 10.6 Å². The maximum absolute atomic E-state index is 12.9. The van der Waals surface area contributed by atoms with Crippen LogP contribution >= 0.6 is 0 Å². The van der Waals surface area contributed by atoms with Crippen molar-refractivity contribution in [3.8, 4) is 11.1 Å². The fourth-order valence-electron chi connectivity index (χ4n) is 4.78. The van der Waals surface area contributed by atoms with E-state index >= 15 is 0 Å². The van der Waals surface area contributed by atoms with Crippen molar-refractivity contribution < 1.29 is 24.2 Å². The lowest BCUT2D eigenvalue weighted by atomic mass is 9.78. The van der Waals surface area contributed by atoms with Crippen LogP contribution < -0.4 is 10.6 Å². The van der Waals surface area contributed by atoms with Crippen LogP contribution in [0.2, 0.25) is 0 Å². The lowest BCUT2D eigenvalue weighted by Gasteiger charge is -2.38. The Morgan fingerprint density at radius 1 is 1.03 bits per heavy atom. The molecule has 0 heterocycles. The minimum absolute atomic E-state index is 0.0500. The normalized spacial score (nSPS) is 20.5. The summed E-state index contributed by atoms with van der Waals surface area (Å²) in [4.78, 5) is 36.3. The summed E-state index contributed by atoms with van der Waals surface area (Å²) in [5, 5.41) is 14.6. The Morgan fingerprint density at radius 2 is 1.61 bits per heavy atom. The molecule has 0 bridgehead atoms. The Labute approximate surface area is 193 Å². The second kappa shape index (κ2) is 9.25. The third-order valence-electron chi connectivity index (χ3n) is 6.96. The van der Waals surface area contributed by atoms with Crippen LogP contribution in [0, 0.1) is 5.92 Å². The first-order chi connectivity index (χ1) is 15.8. The molecule has 4 rings (SSSR count). The SMILES string of the molecule is CCC(C)(NC(=O)OCC1c2ccccc2-c2ccccc21)C(=O)NC1CC(CC(=O)O)C1. The van der Waals surface area contributed by atoms with Crippen molar-refractivity contribution in [1.29, 1.82) is 0 Å². The Bertz CT molecular complexity index is 1020. The van der Waals surface area contributed by atoms with Gasteiger partial charge >= 0.3 is 12.1 Å². The van der Waals surface area contributed by atoms with E-state index in [1.165, 1.54) is 0 Å². The van der Waals surface area contributed by atoms with Crippen LogP contribution in [0.5, 0.6) is 0 Å². The van der Waals surface area contributed by atoms with Gasteiger partial charge in [-0.05, 0) is 54.4 Å². The van der Waals surface area contributed by atoms with Crippen molar-refractivity contribution >= 4 is 18.0 Å². The molecule has 2 amide bonds. The van der Waals surface area contributed by atoms with E-state index < -0.39 is 17.6 Å². The number of ether oxygens (including phenoxy) is 1. The fraction of sp³-hybridized carbons (Fsp3) is 0.423. The summed E-state index contributed by atoms with van der Waals surface area (Å²) in [5.74, 6) is -1.06. The van der Waals surface area contributed by atoms with E-state index in [0.29, 0.717) is 19.3 Å². The highest BCUT2D eigenvalue weighted by Gasteiger charge is 2.39. The Hall–Kier alpha value is -3.35. The summed E-state index contributed by atoms with van der Waals surface area (Å²) in [6, 6.07) is 16.2. The van der Waals surface area contributed by atoms with Crippen molar-refractivity contribution in [2.45, 2.75) is 57.0 Å². The molecular weight excluding hydrogens is 420 g/mol. The Morgan fingerprint density at radius 3 is 2.15 bits per heavy atom. The van der Waals surface area contributed by atoms with E-state index in [2.05, 4.69) is 34.9 Å². The van der Waals surface area contributed by atoms with E-state index in [9.17, 15) is 14.4 Å². The minimum atomic E-state index is -1.11. The summed E-state index contributed by atoms with van der Waals surface area (Å²) in [6.45, 7) is 3.69. The molecule has 7 heteroatoms. The quantitative estimate of drug-likeness (QED) is 0.563. The van der Waals surface area contributed by atoms with Gasteiger partial charge in [0.25, 0.3) is 0 Å². The van der Waals surface area contributed by atoms with Gasteiger partial charge < -0.3 is 20.5 Å². The number of carboxylic acid groups (broad SMARTS) is 1. The molecule has 2 aromatic rings. The van der Waals surface area contributed by atoms with Gasteiger partial charge in [-0.1, -0.05) is 55.5 Å². The van der Waals surface area contributed by atoms with Gasteiger partial charge in [-0.2, -0.15) is 0 Å². The third-order valence-corrected chi connectivity index (χ3v) is 6.96. The van der Waals surface area contributed by atoms with Crippen LogP contribution in [0.15, 0.2) is 48.5 Å². The van der Waals surface area contributed by atoms with Gasteiger partial charge in [0.05, 0.1) is 0 Å². The zero-order chi connectivity index (χ0) is 23.6. The fourth-order valence-corrected chi connectivity index (χ4v) is 4.78. The van der Waals surface area contributed by atoms with Gasteiger partial charge in [0.15, 0.2) is 0 Å². The molecule has 0 aliphatic heterocycles. The third kappa shape index (κ3) is 4.72. The molecule has 7 nitrogen and oxygen atoms in total. The molecule has 2 aliphatic rings. The Kier molecular flexibility index (Phi) is 6.40. The van der Waals surface area contributed by atoms with Gasteiger partial charge in [0.2, 0.25) is 5.91 Å². The van der Waals surface area contributed by atoms with E-state index in [4.69, 9.17) is 9.84 Å². The lowest BCUT2D eigenvalue weighted by Crippen LogP contribution is -2.60. The number of nitrogens with one attached hydrogen (secondary N) is 2. The highest BCUT2D eigenvalue weighted by molar-refractivity contribution is 5.90. The van der Waals surface area contributed by atoms with E-state index in [1.807, 2.05) is 31.2 Å². The Balaban J connectivity index is 1.34. The number of carboxylic acids is 1. The number of rotatable bonds is 8. The van der Waals surface area contributed by atoms with Crippen molar-refractivity contribution in [3.05, 3.63) is 59.7 Å². The van der Waals surface area contributed by atoms with Crippen LogP contribution in [0.4, 0.5) is 4.79 Å². The molecule has 1 saturated carbocycles. The number of benzene rings is 2. The summed E-state index contributed by atoms with van der Waals surface area (Å²) in [7, 11) is 0. The molecule has 2 aliphatic carbocycles. The van der Waals surface area contributed by atoms with Gasteiger partial charge in [-0.15, -0.1) is 0 Å². The van der Waals surface area contributed by atoms with Gasteiger partial charge in [-0.3, -0.25) is 9.59 Å². The van der Waals surface area contributed by atoms with Gasteiger partial charge in [0.1, 0.15) is 12.1 Å². The van der Waals surface area contributed by atoms with Crippen molar-refractivity contribution in [3.63, 3.8) is 0 Å². The average Bonchev–Trinajstić information content (AvgIpc) is 3.09. The standard InChI is InChI=1S/C26H30N2O5/c1-3-26(2,24(31)27-17-12-16(13-17)14-23(29)30)28-25(32)33-15-22-20-10-6-4-8-18(20)19-9-5-7-11-21(19)22/h4-11,16-17,22H,3,12-15H2,1-2H3,(H,27,31)(H,28,32)(H,29,30). The molecule has 0 spiro atoms. The van der Waals surface area contributed by atoms with E-state index in [1.54, 1.807) is 6.92 Å². The number of hydrogen-bond acceptors (Lipinski definition) is 4. The van der Waals surface area contributed by atoms with E-state index in [-0.39, 0.29) is 36.8 Å². The molecule has 1 fully saturated rings. The van der Waals surface area contributed by atoms with Gasteiger partial charge in [-0.25, -0.2) is 4.79 Å². The summed E-state index contributed by atoms with van der Waals surface area (Å²) >= 11 is 0. The number of aliphatic carboxylic acids is 1. The number of amides is 2. The summed E-state index contributed by atoms with van der Waals surface area (Å²) in [6.07, 6.45) is 1.17. The van der Waals surface area contributed by atoms with Crippen LogP contribution in [0.1, 0.15) is 56.6 Å². The van der Waals surface area contributed by atoms with Crippen LogP contribution in [0.3, 0.4) is 0 Å². The molecule has 1 atom stereocenters. The number of carbonyl (C=O) groups is 3. The molecule has 0 saturated heterocycles. The first-order valence-corrected chi connectivity index (χ1v) is 11.5. The second-order valence-corrected chi connectivity index (χ2v) is 9.24. The highest BCUT2D eigenvalue weighted by Crippen LogP contribution is 2.44. The molecule has 2 aromatic carbocycles. The van der Waals surface area contributed by atoms with Crippen LogP contribution in [-0.2, 0) is 14.3 Å². The maximum Gasteiger partial charge on any atom is 0.408 e. The predicted octanol–water partition coefficient (Wildman–Crippen LogP) is 4.06. The highest BCUT2D eigenvalue weighted by atomic mass is 16.5. The number of carbonyl (C=O) groups excluding carboxylic acids is 2. The molecular formula is C26H30N2O5. The van der Waals surface area contributed by atoms with Crippen molar-refractivity contribution in [2.75, 3.05) is 6.61 Å². The minimum Gasteiger partial charge on any atom is -0.481 e. The smallest absolute Gasteiger partial charge is 0.408 e. The first kappa shape index (κ1) is 22.8. The number of hydrogen-bond donors (Lipinski definition) is 3. The molecule has 0 aromatic heterocycles. The van der Waals surface area contributed by atoms with Crippen LogP contribution in [0.25, 0.3) is 11.1 Å². The number of alkyl carbamates (subject to hydrolysis) is 1. The molecule has 33 heavy (non-hydrogen) atoms. The zero-order valence-electron chi connectivity index (χ0n) is 19.0. The molecule has 0 radical (unpaired) electrons. The summed E-state index contributed by atoms with van der Waals surface area (Å²) in [5.41, 5.74) is 3.45.